The Balaban J connectivity index is 1.48. The zero-order chi connectivity index (χ0) is 21.0. The van der Waals surface area contributed by atoms with E-state index in [4.69, 9.17) is 4.98 Å². The summed E-state index contributed by atoms with van der Waals surface area (Å²) in [5, 5.41) is 5.21. The number of aromatic amines is 1. The van der Waals surface area contributed by atoms with Gasteiger partial charge >= 0.3 is 0 Å². The fourth-order valence-electron chi connectivity index (χ4n) is 3.77. The fourth-order valence-corrected chi connectivity index (χ4v) is 3.77. The number of pyridine rings is 1. The van der Waals surface area contributed by atoms with Gasteiger partial charge in [0.1, 0.15) is 0 Å². The Hall–Kier alpha value is -4.18. The third-order valence-corrected chi connectivity index (χ3v) is 5.27. The quantitative estimate of drug-likeness (QED) is 0.369. The lowest BCUT2D eigenvalue weighted by molar-refractivity contribution is -0.116. The molecule has 0 bridgehead atoms. The van der Waals surface area contributed by atoms with Gasteiger partial charge in [-0.15, -0.1) is 0 Å². The van der Waals surface area contributed by atoms with E-state index in [9.17, 15) is 4.79 Å². The third kappa shape index (κ3) is 3.96. The number of H-pyrrole nitrogens is 1. The molecular weight excluding hydrogens is 382 g/mol. The number of aromatic nitrogens is 2. The van der Waals surface area contributed by atoms with Crippen LogP contribution < -0.4 is 5.32 Å². The zero-order valence-electron chi connectivity index (χ0n) is 16.9. The zero-order valence-corrected chi connectivity index (χ0v) is 16.9. The van der Waals surface area contributed by atoms with Crippen molar-refractivity contribution in [3.8, 4) is 11.3 Å². The average molecular weight is 403 g/mol. The van der Waals surface area contributed by atoms with Crippen molar-refractivity contribution in [2.24, 2.45) is 0 Å². The Labute approximate surface area is 180 Å². The van der Waals surface area contributed by atoms with Gasteiger partial charge in [0.25, 0.3) is 0 Å². The van der Waals surface area contributed by atoms with E-state index in [1.165, 1.54) is 0 Å². The molecule has 0 atom stereocenters. The van der Waals surface area contributed by atoms with Gasteiger partial charge in [-0.3, -0.25) is 4.79 Å². The van der Waals surface area contributed by atoms with Gasteiger partial charge in [-0.05, 0) is 23.8 Å². The van der Waals surface area contributed by atoms with Gasteiger partial charge in [0, 0.05) is 27.9 Å². The number of fused-ring (bicyclic) bond motifs is 3. The van der Waals surface area contributed by atoms with Crippen molar-refractivity contribution in [1.29, 1.82) is 0 Å². The fraction of sp³-hybridized carbons (Fsp3) is 0.0370. The molecule has 150 valence electrons. The predicted molar refractivity (Wildman–Crippen MR) is 126 cm³/mol. The van der Waals surface area contributed by atoms with Crippen molar-refractivity contribution in [2.45, 2.75) is 6.54 Å². The molecule has 3 aromatic carbocycles. The van der Waals surface area contributed by atoms with E-state index in [1.807, 2.05) is 60.7 Å². The first kappa shape index (κ1) is 18.8. The lowest BCUT2D eigenvalue weighted by Crippen LogP contribution is -2.21. The second-order valence-electron chi connectivity index (χ2n) is 7.38. The molecule has 2 heterocycles. The summed E-state index contributed by atoms with van der Waals surface area (Å²) in [5.41, 5.74) is 5.81. The number of hydrogen-bond donors (Lipinski definition) is 2. The number of benzene rings is 3. The van der Waals surface area contributed by atoms with Crippen LogP contribution in [0.25, 0.3) is 39.1 Å². The van der Waals surface area contributed by atoms with Crippen molar-refractivity contribution in [2.75, 3.05) is 0 Å². The summed E-state index contributed by atoms with van der Waals surface area (Å²) in [4.78, 5) is 20.7. The largest absolute Gasteiger partial charge is 0.353 e. The molecule has 0 saturated carbocycles. The number of para-hydroxylation sites is 1. The minimum atomic E-state index is -0.147. The van der Waals surface area contributed by atoms with Crippen molar-refractivity contribution >= 4 is 33.8 Å². The van der Waals surface area contributed by atoms with Gasteiger partial charge in [-0.25, -0.2) is 4.98 Å². The second kappa shape index (κ2) is 8.28. The molecule has 5 rings (SSSR count). The maximum absolute atomic E-state index is 12.3. The molecule has 0 aliphatic heterocycles. The summed E-state index contributed by atoms with van der Waals surface area (Å²) in [6.07, 6.45) is 3.36. The van der Waals surface area contributed by atoms with Gasteiger partial charge in [-0.1, -0.05) is 78.9 Å². The van der Waals surface area contributed by atoms with E-state index >= 15 is 0 Å². The van der Waals surface area contributed by atoms with E-state index in [-0.39, 0.29) is 5.91 Å². The molecule has 0 aliphatic carbocycles. The summed E-state index contributed by atoms with van der Waals surface area (Å²) in [6, 6.07) is 30.2. The van der Waals surface area contributed by atoms with Crippen LogP contribution in [0.4, 0.5) is 0 Å². The monoisotopic (exact) mass is 403 g/mol. The van der Waals surface area contributed by atoms with E-state index in [1.54, 1.807) is 12.2 Å². The standard InChI is InChI=1S/C27H21N3O/c31-25(16-15-19-9-3-1-4-10-19)28-18-21-17-23-22-13-7-8-14-24(22)30-27(23)26(29-21)20-11-5-2-6-12-20/h1-17,30H,18H2,(H,28,31)/b16-15+. The number of hydrogen-bond acceptors (Lipinski definition) is 2. The van der Waals surface area contributed by atoms with Crippen LogP contribution in [0.15, 0.2) is 97.1 Å². The molecule has 0 fully saturated rings. The Morgan fingerprint density at radius 3 is 2.39 bits per heavy atom. The van der Waals surface area contributed by atoms with Gasteiger partial charge < -0.3 is 10.3 Å². The first-order chi connectivity index (χ1) is 15.3. The Morgan fingerprint density at radius 2 is 1.58 bits per heavy atom. The van der Waals surface area contributed by atoms with E-state index < -0.39 is 0 Å². The summed E-state index contributed by atoms with van der Waals surface area (Å²) in [7, 11) is 0. The van der Waals surface area contributed by atoms with Crippen LogP contribution in [0.5, 0.6) is 0 Å². The molecule has 31 heavy (non-hydrogen) atoms. The van der Waals surface area contributed by atoms with Gasteiger partial charge in [0.2, 0.25) is 5.91 Å². The highest BCUT2D eigenvalue weighted by Gasteiger charge is 2.13. The highest BCUT2D eigenvalue weighted by atomic mass is 16.1. The molecule has 0 saturated heterocycles. The molecule has 0 unspecified atom stereocenters. The predicted octanol–water partition coefficient (Wildman–Crippen LogP) is 5.71. The maximum Gasteiger partial charge on any atom is 0.244 e. The molecule has 5 aromatic rings. The molecule has 4 nitrogen and oxygen atoms in total. The Kier molecular flexibility index (Phi) is 5.03. The Morgan fingerprint density at radius 1 is 0.871 bits per heavy atom. The molecule has 2 N–H and O–H groups in total. The number of carbonyl (C=O) groups is 1. The summed E-state index contributed by atoms with van der Waals surface area (Å²) < 4.78 is 0. The second-order valence-corrected chi connectivity index (χ2v) is 7.38. The maximum atomic E-state index is 12.3. The molecule has 0 spiro atoms. The topological polar surface area (TPSA) is 57.8 Å². The highest BCUT2D eigenvalue weighted by Crippen LogP contribution is 2.32. The summed E-state index contributed by atoms with van der Waals surface area (Å²) >= 11 is 0. The molecular formula is C27H21N3O. The number of amides is 1. The minimum absolute atomic E-state index is 0.147. The van der Waals surface area contributed by atoms with E-state index in [0.29, 0.717) is 6.54 Å². The number of nitrogens with zero attached hydrogens (tertiary/aromatic N) is 1. The van der Waals surface area contributed by atoms with Crippen LogP contribution in [0.3, 0.4) is 0 Å². The van der Waals surface area contributed by atoms with Crippen molar-refractivity contribution in [1.82, 2.24) is 15.3 Å². The SMILES string of the molecule is O=C(/C=C/c1ccccc1)NCc1cc2c([nH]c3ccccc32)c(-c2ccccc2)n1. The van der Waals surface area contributed by atoms with Crippen molar-refractivity contribution in [3.63, 3.8) is 0 Å². The smallest absolute Gasteiger partial charge is 0.244 e. The molecule has 0 aliphatic rings. The molecule has 2 aromatic heterocycles. The van der Waals surface area contributed by atoms with Gasteiger partial charge in [0.05, 0.1) is 23.4 Å². The number of nitrogens with one attached hydrogen (secondary N) is 2. The normalized spacial score (nSPS) is 11.4. The van der Waals surface area contributed by atoms with E-state index in [0.717, 1.165) is 44.3 Å². The third-order valence-electron chi connectivity index (χ3n) is 5.27. The van der Waals surface area contributed by atoms with Crippen molar-refractivity contribution < 1.29 is 4.79 Å². The average Bonchev–Trinajstić information content (AvgIpc) is 3.21. The lowest BCUT2D eigenvalue weighted by atomic mass is 10.1. The summed E-state index contributed by atoms with van der Waals surface area (Å²) in [6.45, 7) is 0.354. The molecule has 0 radical (unpaired) electrons. The van der Waals surface area contributed by atoms with Crippen LogP contribution in [0.2, 0.25) is 0 Å². The van der Waals surface area contributed by atoms with Crippen molar-refractivity contribution in [3.05, 3.63) is 108 Å². The highest BCUT2D eigenvalue weighted by molar-refractivity contribution is 6.11. The van der Waals surface area contributed by atoms with Crippen LogP contribution in [0, 0.1) is 0 Å². The van der Waals surface area contributed by atoms with E-state index in [2.05, 4.69) is 40.6 Å². The Bertz CT molecular complexity index is 1390. The minimum Gasteiger partial charge on any atom is -0.353 e. The number of rotatable bonds is 5. The van der Waals surface area contributed by atoms with Crippen LogP contribution in [-0.2, 0) is 11.3 Å². The molecule has 4 heteroatoms. The van der Waals surface area contributed by atoms with Gasteiger partial charge in [0.15, 0.2) is 0 Å². The lowest BCUT2D eigenvalue weighted by Gasteiger charge is -2.08. The van der Waals surface area contributed by atoms with Crippen LogP contribution in [-0.4, -0.2) is 15.9 Å². The van der Waals surface area contributed by atoms with Gasteiger partial charge in [-0.2, -0.15) is 0 Å². The summed E-state index contributed by atoms with van der Waals surface area (Å²) in [5.74, 6) is -0.147. The first-order valence-electron chi connectivity index (χ1n) is 10.2. The van der Waals surface area contributed by atoms with Crippen LogP contribution in [0.1, 0.15) is 11.3 Å². The number of carbonyl (C=O) groups excluding carboxylic acids is 1. The first-order valence-corrected chi connectivity index (χ1v) is 10.2. The molecule has 1 amide bonds. The van der Waals surface area contributed by atoms with Crippen LogP contribution >= 0.6 is 0 Å².